The Bertz CT molecular complexity index is 909. The van der Waals surface area contributed by atoms with Crippen LogP contribution >= 0.6 is 23.2 Å². The molecule has 0 saturated heterocycles. The molecule has 0 aliphatic carbocycles. The van der Waals surface area contributed by atoms with Crippen LogP contribution in [0.4, 0.5) is 0 Å². The molecule has 3 nitrogen and oxygen atoms in total. The minimum atomic E-state index is -3.74. The molecule has 3 aromatic rings. The van der Waals surface area contributed by atoms with Crippen LogP contribution in [0.15, 0.2) is 81.1 Å². The Labute approximate surface area is 156 Å². The van der Waals surface area contributed by atoms with Crippen LogP contribution in [-0.2, 0) is 9.07 Å². The van der Waals surface area contributed by atoms with E-state index in [9.17, 15) is 9.00 Å². The van der Waals surface area contributed by atoms with Gasteiger partial charge in [-0.05, 0) is 69.7 Å². The number of rotatable bonds is 5. The van der Waals surface area contributed by atoms with E-state index in [1.54, 1.807) is 66.9 Å². The maximum atomic E-state index is 14.4. The molecule has 0 radical (unpaired) electrons. The molecule has 0 bridgehead atoms. The Morgan fingerprint density at radius 1 is 0.920 bits per heavy atom. The third-order valence-electron chi connectivity index (χ3n) is 4.13. The van der Waals surface area contributed by atoms with Crippen molar-refractivity contribution in [3.63, 3.8) is 0 Å². The van der Waals surface area contributed by atoms with E-state index in [1.165, 1.54) is 6.26 Å². The van der Waals surface area contributed by atoms with Gasteiger partial charge >= 0.3 is 0 Å². The molecule has 0 spiro atoms. The summed E-state index contributed by atoms with van der Waals surface area (Å²) >= 11 is 11.9. The summed E-state index contributed by atoms with van der Waals surface area (Å²) in [5, 5.41) is 1.07. The van der Waals surface area contributed by atoms with Crippen LogP contribution in [0.1, 0.15) is 10.6 Å². The van der Waals surface area contributed by atoms with E-state index in [1.807, 2.05) is 0 Å². The molecule has 0 atom stereocenters. The summed E-state index contributed by atoms with van der Waals surface area (Å²) in [6.45, 7) is 0. The molecule has 6 heteroatoms. The van der Waals surface area contributed by atoms with E-state index < -0.39 is 9.07 Å². The van der Waals surface area contributed by atoms with Crippen LogP contribution < -0.4 is 0 Å². The molecule has 130 valence electrons. The highest BCUT2D eigenvalue weighted by Crippen LogP contribution is 2.42. The Morgan fingerprint density at radius 3 is 1.80 bits per heavy atom. The number of furan rings is 1. The second-order valence-corrected chi connectivity index (χ2v) is 11.2. The smallest absolute Gasteiger partial charge is 0.209 e. The van der Waals surface area contributed by atoms with Crippen molar-refractivity contribution in [2.45, 2.75) is 9.79 Å². The van der Waals surface area contributed by atoms with Crippen molar-refractivity contribution in [3.05, 3.63) is 82.7 Å². The lowest BCUT2D eigenvalue weighted by Gasteiger charge is -2.38. The highest BCUT2D eigenvalue weighted by molar-refractivity contribution is 8.20. The molecular weight excluding hydrogens is 379 g/mol. The molecule has 0 aliphatic rings. The number of hydrogen-bond acceptors (Lipinski definition) is 3. The zero-order valence-electron chi connectivity index (χ0n) is 13.4. The molecule has 0 saturated carbocycles. The molecule has 0 fully saturated rings. The molecule has 2 aromatic carbocycles. The quantitative estimate of drug-likeness (QED) is 0.548. The van der Waals surface area contributed by atoms with Gasteiger partial charge in [-0.25, -0.2) is 0 Å². The van der Waals surface area contributed by atoms with E-state index in [4.69, 9.17) is 27.6 Å². The lowest BCUT2D eigenvalue weighted by molar-refractivity contribution is 0.0990. The molecule has 25 heavy (non-hydrogen) atoms. The molecule has 1 aromatic heterocycles. The van der Waals surface area contributed by atoms with Crippen LogP contribution in [0.2, 0.25) is 10.0 Å². The molecule has 0 aliphatic heterocycles. The summed E-state index contributed by atoms with van der Waals surface area (Å²) in [6.07, 6.45) is 3.04. The summed E-state index contributed by atoms with van der Waals surface area (Å²) in [5.41, 5.74) is 0. The lowest BCUT2D eigenvalue weighted by atomic mass is 10.3. The zero-order chi connectivity index (χ0) is 18.1. The fourth-order valence-electron chi connectivity index (χ4n) is 2.71. The van der Waals surface area contributed by atoms with Crippen molar-refractivity contribution in [2.75, 3.05) is 12.0 Å². The number of benzene rings is 2. The van der Waals surface area contributed by atoms with Crippen LogP contribution in [-0.4, -0.2) is 22.0 Å². The summed E-state index contributed by atoms with van der Waals surface area (Å²) < 4.78 is 19.6. The van der Waals surface area contributed by atoms with Crippen molar-refractivity contribution in [1.29, 1.82) is 0 Å². The van der Waals surface area contributed by atoms with E-state index in [0.717, 1.165) is 0 Å². The molecule has 0 amide bonds. The summed E-state index contributed by atoms with van der Waals surface area (Å²) in [6, 6.07) is 16.7. The topological polar surface area (TPSA) is 47.3 Å². The number of Topliss-reactive ketones (excluding diaryl/α,β-unsaturated/α-hetero) is 1. The first-order valence-corrected chi connectivity index (χ1v) is 10.8. The van der Waals surface area contributed by atoms with E-state index in [2.05, 4.69) is 0 Å². The Kier molecular flexibility index (Phi) is 4.62. The number of halogens is 2. The van der Waals surface area contributed by atoms with Gasteiger partial charge in [0.1, 0.15) is 0 Å². The summed E-state index contributed by atoms with van der Waals surface area (Å²) in [5.74, 6) is -0.341. The van der Waals surface area contributed by atoms with Gasteiger partial charge in [-0.15, -0.1) is 0 Å². The Morgan fingerprint density at radius 2 is 1.40 bits per heavy atom. The first-order chi connectivity index (χ1) is 11.8. The van der Waals surface area contributed by atoms with E-state index >= 15 is 0 Å². The lowest BCUT2D eigenvalue weighted by Crippen LogP contribution is -2.39. The highest BCUT2D eigenvalue weighted by Gasteiger charge is 2.39. The minimum Gasteiger partial charge on any atom is -0.461 e. The number of hydrogen-bond donors (Lipinski definition) is 0. The van der Waals surface area contributed by atoms with Gasteiger partial charge in [0.2, 0.25) is 5.78 Å². The summed E-state index contributed by atoms with van der Waals surface area (Å²) in [4.78, 5) is 13.8. The van der Waals surface area contributed by atoms with Crippen molar-refractivity contribution >= 4 is 38.1 Å². The fraction of sp³-hybridized carbons (Fsp3) is 0.105. The second-order valence-electron chi connectivity index (χ2n) is 5.99. The molecule has 0 N–H and O–H groups in total. The van der Waals surface area contributed by atoms with Gasteiger partial charge in [0.05, 0.1) is 12.0 Å². The summed E-state index contributed by atoms with van der Waals surface area (Å²) in [7, 11) is -3.74. The first-order valence-electron chi connectivity index (χ1n) is 7.50. The Hall–Kier alpha value is -1.88. The Balaban J connectivity index is 2.17. The van der Waals surface area contributed by atoms with Crippen molar-refractivity contribution in [3.8, 4) is 0 Å². The predicted octanol–water partition coefficient (Wildman–Crippen LogP) is 5.34. The van der Waals surface area contributed by atoms with Gasteiger partial charge in [0.15, 0.2) is 5.76 Å². The van der Waals surface area contributed by atoms with Gasteiger partial charge in [0, 0.05) is 26.1 Å². The van der Waals surface area contributed by atoms with Gasteiger partial charge in [0.25, 0.3) is 0 Å². The van der Waals surface area contributed by atoms with Crippen molar-refractivity contribution in [1.82, 2.24) is 0 Å². The molecule has 0 unspecified atom stereocenters. The monoisotopic (exact) mass is 394 g/mol. The zero-order valence-corrected chi connectivity index (χ0v) is 15.8. The predicted molar refractivity (Wildman–Crippen MR) is 101 cm³/mol. The third kappa shape index (κ3) is 3.43. The van der Waals surface area contributed by atoms with Crippen LogP contribution in [0.3, 0.4) is 0 Å². The third-order valence-corrected chi connectivity index (χ3v) is 8.61. The average molecular weight is 395 g/mol. The van der Waals surface area contributed by atoms with Gasteiger partial charge in [-0.1, -0.05) is 23.2 Å². The van der Waals surface area contributed by atoms with E-state index in [-0.39, 0.29) is 17.3 Å². The van der Waals surface area contributed by atoms with Gasteiger partial charge in [-0.2, -0.15) is 0 Å². The van der Waals surface area contributed by atoms with Crippen molar-refractivity contribution < 1.29 is 13.4 Å². The largest absolute Gasteiger partial charge is 0.461 e. The van der Waals surface area contributed by atoms with Crippen molar-refractivity contribution in [2.24, 2.45) is 0 Å². The maximum Gasteiger partial charge on any atom is 0.209 e. The first kappa shape index (κ1) is 17.9. The average Bonchev–Trinajstić information content (AvgIpc) is 3.10. The number of carbonyl (C=O) groups excluding carboxylic acids is 1. The van der Waals surface area contributed by atoms with Crippen LogP contribution in [0.25, 0.3) is 0 Å². The van der Waals surface area contributed by atoms with Crippen LogP contribution in [0, 0.1) is 0 Å². The highest BCUT2D eigenvalue weighted by atomic mass is 35.5. The minimum absolute atomic E-state index is 0.184. The number of carbonyl (C=O) groups is 1. The normalized spacial score (nSPS) is 13.2. The standard InChI is InChI=1S/C19H16Cl2O3S/c1-25(23,16-8-4-14(20)5-9-16,17-10-6-15(21)7-11-17)13-18(22)19-3-2-12-24-19/h2-12H,13H2,1H3. The van der Waals surface area contributed by atoms with Crippen LogP contribution in [0.5, 0.6) is 0 Å². The fourth-order valence-corrected chi connectivity index (χ4v) is 6.03. The molecular formula is C19H16Cl2O3S. The van der Waals surface area contributed by atoms with Gasteiger partial charge in [-0.3, -0.25) is 9.00 Å². The second kappa shape index (κ2) is 6.45. The van der Waals surface area contributed by atoms with E-state index in [0.29, 0.717) is 19.8 Å². The SMILES string of the molecule is CS(=O)(CC(=O)c1ccco1)(c1ccc(Cl)cc1)c1ccc(Cl)cc1. The molecule has 3 rings (SSSR count). The molecule has 1 heterocycles. The maximum absolute atomic E-state index is 14.4. The van der Waals surface area contributed by atoms with Gasteiger partial charge < -0.3 is 4.42 Å². The number of ketones is 1.